The summed E-state index contributed by atoms with van der Waals surface area (Å²) in [6, 6.07) is 8.65. The number of rotatable bonds is 6. The zero-order chi connectivity index (χ0) is 19.8. The first-order chi connectivity index (χ1) is 14.2. The van der Waals surface area contributed by atoms with Crippen molar-refractivity contribution in [3.05, 3.63) is 35.7 Å². The van der Waals surface area contributed by atoms with Gasteiger partial charge in [-0.15, -0.1) is 20.4 Å². The molecule has 2 fully saturated rings. The fourth-order valence-electron chi connectivity index (χ4n) is 3.81. The third-order valence-electron chi connectivity index (χ3n) is 5.53. The van der Waals surface area contributed by atoms with Crippen LogP contribution in [0.2, 0.25) is 0 Å². The Morgan fingerprint density at radius 1 is 1.07 bits per heavy atom. The minimum atomic E-state index is 0.0111. The molecular formula is C21H26N6OS. The highest BCUT2D eigenvalue weighted by Gasteiger charge is 2.33. The standard InChI is InChI=1S/C21H26N6OS/c1-14-7-6-8-16(13-14)19-23-22-18(28-19)15(2)29-21-25-24-20(27(21)17-9-10-17)26-11-4-3-5-12-26/h6-8,13,15,17H,3-5,9-12H2,1-2H3. The van der Waals surface area contributed by atoms with Crippen LogP contribution in [0.5, 0.6) is 0 Å². The summed E-state index contributed by atoms with van der Waals surface area (Å²) in [5.41, 5.74) is 2.13. The second kappa shape index (κ2) is 7.82. The predicted octanol–water partition coefficient (Wildman–Crippen LogP) is 4.82. The highest BCUT2D eigenvalue weighted by molar-refractivity contribution is 7.99. The molecule has 1 atom stereocenters. The molecule has 1 aliphatic heterocycles. The molecule has 1 aromatic carbocycles. The maximum atomic E-state index is 5.99. The Bertz CT molecular complexity index is 989. The van der Waals surface area contributed by atoms with Crippen LogP contribution in [0.25, 0.3) is 11.5 Å². The SMILES string of the molecule is Cc1cccc(-c2nnc(C(C)Sc3nnc(N4CCCCC4)n3C3CC3)o2)c1. The van der Waals surface area contributed by atoms with Gasteiger partial charge in [-0.05, 0) is 58.1 Å². The molecule has 3 aromatic rings. The largest absolute Gasteiger partial charge is 0.419 e. The van der Waals surface area contributed by atoms with Crippen LogP contribution in [0.3, 0.4) is 0 Å². The quantitative estimate of drug-likeness (QED) is 0.540. The van der Waals surface area contributed by atoms with Crippen molar-refractivity contribution in [1.82, 2.24) is 25.0 Å². The molecule has 0 spiro atoms. The predicted molar refractivity (Wildman–Crippen MR) is 113 cm³/mol. The van der Waals surface area contributed by atoms with E-state index >= 15 is 0 Å². The van der Waals surface area contributed by atoms with Gasteiger partial charge in [-0.1, -0.05) is 29.5 Å². The molecule has 2 aromatic heterocycles. The van der Waals surface area contributed by atoms with Crippen molar-refractivity contribution in [2.24, 2.45) is 0 Å². The summed E-state index contributed by atoms with van der Waals surface area (Å²) in [5, 5.41) is 18.6. The van der Waals surface area contributed by atoms with Gasteiger partial charge in [-0.3, -0.25) is 4.57 Å². The zero-order valence-corrected chi connectivity index (χ0v) is 17.7. The van der Waals surface area contributed by atoms with E-state index in [9.17, 15) is 0 Å². The molecule has 3 heterocycles. The molecule has 0 N–H and O–H groups in total. The van der Waals surface area contributed by atoms with E-state index < -0.39 is 0 Å². The first-order valence-electron chi connectivity index (χ1n) is 10.5. The number of nitrogens with zero attached hydrogens (tertiary/aromatic N) is 6. The summed E-state index contributed by atoms with van der Waals surface area (Å²) in [7, 11) is 0. The van der Waals surface area contributed by atoms with Gasteiger partial charge in [0, 0.05) is 24.7 Å². The van der Waals surface area contributed by atoms with Crippen LogP contribution in [-0.4, -0.2) is 38.1 Å². The van der Waals surface area contributed by atoms with E-state index in [-0.39, 0.29) is 5.25 Å². The van der Waals surface area contributed by atoms with E-state index in [2.05, 4.69) is 55.8 Å². The summed E-state index contributed by atoms with van der Waals surface area (Å²) in [5.74, 6) is 2.22. The lowest BCUT2D eigenvalue weighted by molar-refractivity contribution is 0.508. The Labute approximate surface area is 174 Å². The zero-order valence-electron chi connectivity index (χ0n) is 16.9. The van der Waals surface area contributed by atoms with Crippen molar-refractivity contribution >= 4 is 17.7 Å². The summed E-state index contributed by atoms with van der Waals surface area (Å²) in [6.07, 6.45) is 6.20. The molecule has 0 radical (unpaired) electrons. The Morgan fingerprint density at radius 3 is 2.66 bits per heavy atom. The number of aryl methyl sites for hydroxylation is 1. The number of hydrogen-bond acceptors (Lipinski definition) is 7. The van der Waals surface area contributed by atoms with Crippen LogP contribution >= 0.6 is 11.8 Å². The first kappa shape index (κ1) is 18.7. The molecule has 1 saturated heterocycles. The fraction of sp³-hybridized carbons (Fsp3) is 0.524. The van der Waals surface area contributed by atoms with E-state index in [1.165, 1.54) is 37.7 Å². The number of benzene rings is 1. The minimum Gasteiger partial charge on any atom is -0.419 e. The van der Waals surface area contributed by atoms with Gasteiger partial charge in [0.15, 0.2) is 5.16 Å². The lowest BCUT2D eigenvalue weighted by atomic mass is 10.1. The van der Waals surface area contributed by atoms with Gasteiger partial charge >= 0.3 is 0 Å². The number of piperidine rings is 1. The fourth-order valence-corrected chi connectivity index (χ4v) is 4.76. The average molecular weight is 411 g/mol. The molecule has 1 saturated carbocycles. The number of anilines is 1. The van der Waals surface area contributed by atoms with Crippen molar-refractivity contribution in [2.45, 2.75) is 62.4 Å². The molecule has 7 nitrogen and oxygen atoms in total. The van der Waals surface area contributed by atoms with Gasteiger partial charge in [-0.25, -0.2) is 0 Å². The van der Waals surface area contributed by atoms with Gasteiger partial charge < -0.3 is 9.32 Å². The van der Waals surface area contributed by atoms with E-state index in [4.69, 9.17) is 4.42 Å². The number of hydrogen-bond donors (Lipinski definition) is 0. The molecule has 0 bridgehead atoms. The summed E-state index contributed by atoms with van der Waals surface area (Å²) < 4.78 is 8.32. The lowest BCUT2D eigenvalue weighted by Gasteiger charge is -2.27. The van der Waals surface area contributed by atoms with Crippen LogP contribution in [0, 0.1) is 6.92 Å². The van der Waals surface area contributed by atoms with Crippen LogP contribution in [0.15, 0.2) is 33.8 Å². The van der Waals surface area contributed by atoms with Crippen LogP contribution in [-0.2, 0) is 0 Å². The van der Waals surface area contributed by atoms with E-state index in [1.54, 1.807) is 11.8 Å². The maximum Gasteiger partial charge on any atom is 0.247 e. The third-order valence-corrected chi connectivity index (χ3v) is 6.58. The molecule has 29 heavy (non-hydrogen) atoms. The molecule has 5 rings (SSSR count). The molecule has 1 unspecified atom stereocenters. The third kappa shape index (κ3) is 3.90. The minimum absolute atomic E-state index is 0.0111. The summed E-state index contributed by atoms with van der Waals surface area (Å²) >= 11 is 1.65. The maximum absolute atomic E-state index is 5.99. The van der Waals surface area contributed by atoms with Crippen LogP contribution in [0.1, 0.15) is 61.8 Å². The van der Waals surface area contributed by atoms with Crippen LogP contribution in [0.4, 0.5) is 5.95 Å². The van der Waals surface area contributed by atoms with Crippen molar-refractivity contribution in [3.8, 4) is 11.5 Å². The van der Waals surface area contributed by atoms with E-state index in [1.807, 2.05) is 12.1 Å². The van der Waals surface area contributed by atoms with Gasteiger partial charge in [0.25, 0.3) is 0 Å². The monoisotopic (exact) mass is 410 g/mol. The Kier molecular flexibility index (Phi) is 5.03. The Balaban J connectivity index is 1.36. The molecule has 0 amide bonds. The van der Waals surface area contributed by atoms with Crippen molar-refractivity contribution < 1.29 is 4.42 Å². The lowest BCUT2D eigenvalue weighted by Crippen LogP contribution is -2.31. The summed E-state index contributed by atoms with van der Waals surface area (Å²) in [4.78, 5) is 2.39. The Morgan fingerprint density at radius 2 is 1.90 bits per heavy atom. The molecule has 2 aliphatic rings. The smallest absolute Gasteiger partial charge is 0.247 e. The number of thioether (sulfide) groups is 1. The number of aromatic nitrogens is 5. The van der Waals surface area contributed by atoms with E-state index in [0.29, 0.717) is 17.8 Å². The molecular weight excluding hydrogens is 384 g/mol. The second-order valence-electron chi connectivity index (χ2n) is 8.01. The Hall–Kier alpha value is -2.35. The topological polar surface area (TPSA) is 72.9 Å². The summed E-state index contributed by atoms with van der Waals surface area (Å²) in [6.45, 7) is 6.30. The van der Waals surface area contributed by atoms with Gasteiger partial charge in [0.2, 0.25) is 17.7 Å². The highest BCUT2D eigenvalue weighted by atomic mass is 32.2. The van der Waals surface area contributed by atoms with Crippen molar-refractivity contribution in [3.63, 3.8) is 0 Å². The average Bonchev–Trinajstić information content (AvgIpc) is 3.29. The van der Waals surface area contributed by atoms with Crippen molar-refractivity contribution in [1.29, 1.82) is 0 Å². The first-order valence-corrected chi connectivity index (χ1v) is 11.3. The molecule has 152 valence electrons. The highest BCUT2D eigenvalue weighted by Crippen LogP contribution is 2.44. The van der Waals surface area contributed by atoms with Crippen molar-refractivity contribution in [2.75, 3.05) is 18.0 Å². The normalized spacial score (nSPS) is 18.2. The second-order valence-corrected chi connectivity index (χ2v) is 9.31. The van der Waals surface area contributed by atoms with Crippen LogP contribution < -0.4 is 4.90 Å². The van der Waals surface area contributed by atoms with E-state index in [0.717, 1.165) is 29.8 Å². The van der Waals surface area contributed by atoms with Gasteiger partial charge in [-0.2, -0.15) is 0 Å². The molecule has 1 aliphatic carbocycles. The van der Waals surface area contributed by atoms with Gasteiger partial charge in [0.1, 0.15) is 0 Å². The van der Waals surface area contributed by atoms with Gasteiger partial charge in [0.05, 0.1) is 5.25 Å². The molecule has 8 heteroatoms.